The molecule has 0 aliphatic heterocycles. The third-order valence-corrected chi connectivity index (χ3v) is 23.0. The van der Waals surface area contributed by atoms with E-state index in [2.05, 4.69) is 276 Å². The Hall–Kier alpha value is -13.6. The summed E-state index contributed by atoms with van der Waals surface area (Å²) in [5.41, 5.74) is 28.0. The minimum Gasteiger partial charge on any atom is -0.507 e. The van der Waals surface area contributed by atoms with Gasteiger partial charge >= 0.3 is 0 Å². The van der Waals surface area contributed by atoms with Crippen LogP contribution in [0.5, 0.6) is 17.2 Å². The van der Waals surface area contributed by atoms with E-state index in [4.69, 9.17) is 15.0 Å². The van der Waals surface area contributed by atoms with Crippen LogP contribution >= 0.6 is 0 Å². The fourth-order valence-corrected chi connectivity index (χ4v) is 16.8. The molecule has 0 saturated heterocycles. The first-order chi connectivity index (χ1) is 60.3. The largest absolute Gasteiger partial charge is 0.507 e. The molecule has 0 spiro atoms. The zero-order chi connectivity index (χ0) is 84.9. The summed E-state index contributed by atoms with van der Waals surface area (Å²) in [6, 6.07) is 126. The number of nitrogens with zero attached hydrogens (tertiary/aromatic N) is 9. The molecule has 21 rings (SSSR count). The van der Waals surface area contributed by atoms with Crippen molar-refractivity contribution in [3.63, 3.8) is 0 Å². The Labute approximate surface area is 781 Å². The first-order valence-corrected chi connectivity index (χ1v) is 41.6. The van der Waals surface area contributed by atoms with Crippen LogP contribution in [0.25, 0.3) is 184 Å². The molecule has 0 aliphatic rings. The number of rotatable bonds is 12. The predicted molar refractivity (Wildman–Crippen MR) is 506 cm³/mol. The molecule has 0 atom stereocenters. The van der Waals surface area contributed by atoms with Gasteiger partial charge in [0.25, 0.3) is 0 Å². The van der Waals surface area contributed by atoms with Gasteiger partial charge in [-0.1, -0.05) is 264 Å². The first kappa shape index (κ1) is 86.9. The second-order valence-corrected chi connectivity index (χ2v) is 33.4. The van der Waals surface area contributed by atoms with Gasteiger partial charge in [-0.3, -0.25) is 0 Å². The normalized spacial score (nSPS) is 11.4. The number of aromatic hydroxyl groups is 3. The van der Waals surface area contributed by atoms with Gasteiger partial charge in [-0.25, -0.2) is 15.0 Å². The molecule has 21 aromatic rings. The van der Waals surface area contributed by atoms with Crippen molar-refractivity contribution in [3.8, 4) is 135 Å². The maximum absolute atomic E-state index is 11.7. The van der Waals surface area contributed by atoms with Crippen molar-refractivity contribution < 1.29 is 78.5 Å². The van der Waals surface area contributed by atoms with E-state index in [1.807, 2.05) is 172 Å². The van der Waals surface area contributed by atoms with Crippen LogP contribution in [0, 0.1) is 32.0 Å². The van der Waals surface area contributed by atoms with Crippen LogP contribution in [0.15, 0.2) is 358 Å². The van der Waals surface area contributed by atoms with Crippen LogP contribution in [0.4, 0.5) is 0 Å². The smallest absolute Gasteiger partial charge is 0.144 e. The molecule has 9 heterocycles. The van der Waals surface area contributed by atoms with E-state index in [9.17, 15) is 15.3 Å². The monoisotopic (exact) mass is 2190 g/mol. The summed E-state index contributed by atoms with van der Waals surface area (Å²) < 4.78 is 6.53. The molecule has 630 valence electrons. The van der Waals surface area contributed by atoms with Gasteiger partial charge < -0.3 is 44.0 Å². The maximum atomic E-state index is 11.7. The van der Waals surface area contributed by atoms with E-state index in [1.54, 1.807) is 12.3 Å². The first-order valence-electron chi connectivity index (χ1n) is 41.6. The van der Waals surface area contributed by atoms with E-state index in [0.29, 0.717) is 11.3 Å². The van der Waals surface area contributed by atoms with Crippen LogP contribution in [0.1, 0.15) is 63.8 Å². The van der Waals surface area contributed by atoms with Gasteiger partial charge in [0, 0.05) is 136 Å². The van der Waals surface area contributed by atoms with Crippen molar-refractivity contribution in [2.24, 2.45) is 0 Å². The Bertz CT molecular complexity index is 7450. The second-order valence-electron chi connectivity index (χ2n) is 33.4. The number of aromatic nitrogens is 9. The number of phenolic OH excluding ortho intramolecular Hbond substituents is 3. The Morgan fingerprint density at radius 3 is 0.969 bits per heavy atom. The van der Waals surface area contributed by atoms with Crippen molar-refractivity contribution in [1.29, 1.82) is 0 Å². The number of aryl methyl sites for hydroxylation is 2. The van der Waals surface area contributed by atoms with Crippen molar-refractivity contribution >= 4 is 65.8 Å². The Balaban J connectivity index is 0.000000139. The van der Waals surface area contributed by atoms with E-state index in [-0.39, 0.29) is 91.3 Å². The molecule has 12 aromatic carbocycles. The van der Waals surface area contributed by atoms with E-state index >= 15 is 0 Å². The molecule has 0 unspecified atom stereocenters. The molecule has 0 fully saturated rings. The third kappa shape index (κ3) is 17.3. The number of phenols is 3. The molecule has 12 nitrogen and oxygen atoms in total. The molecule has 0 bridgehead atoms. The van der Waals surface area contributed by atoms with Gasteiger partial charge in [0.1, 0.15) is 34.2 Å². The molecule has 15 heteroatoms. The summed E-state index contributed by atoms with van der Waals surface area (Å²) in [4.78, 5) is 29.5. The summed E-state index contributed by atoms with van der Waals surface area (Å²) >= 11 is 0. The number of benzene rings is 12. The molecule has 0 saturated carbocycles. The topological polar surface area (TPSA) is 153 Å². The van der Waals surface area contributed by atoms with Crippen molar-refractivity contribution in [3.05, 3.63) is 399 Å². The van der Waals surface area contributed by atoms with Crippen molar-refractivity contribution in [1.82, 2.24) is 43.6 Å². The standard InChI is InChI=1S/C42H38N3O.C36H26N3O.C34H22N3O.3Pt/c1-41(2,3)30-25-34(39(46)35(26-30)42(4,5)6)37-20-19-33-32-16-10-11-18-38(32)45(40(33)44-37)31-23-28(27-14-8-7-9-15-27)22-29(24-31)36-17-12-13-21-43-36;1-23-18-24(2)35(40)31(19-23)33-16-15-30-29-12-6-7-14-34(29)39(36(30)38-33)28-21-26(25-10-4-3-5-11-25)20-27(22-28)32-13-8-9-17-37-32;38-33-16-7-5-13-29(33)31-18-17-28-27-12-4-6-15-32(27)37(34(28)36-31)26-21-24(23-10-2-1-3-11-23)20-25(22-26)30-14-8-9-19-35-30;;;/h7-23,25-26,46H,1-6H3;3-21,40H,1-2H3;1-21,38H;;;/q3*-1;;;. The van der Waals surface area contributed by atoms with Gasteiger partial charge in [0.2, 0.25) is 0 Å². The van der Waals surface area contributed by atoms with Crippen LogP contribution in [-0.2, 0) is 74.0 Å². The van der Waals surface area contributed by atoms with E-state index in [0.717, 1.165) is 195 Å². The van der Waals surface area contributed by atoms with Gasteiger partial charge in [-0.15, -0.1) is 71.3 Å². The van der Waals surface area contributed by atoms with Crippen LogP contribution < -0.4 is 0 Å². The molecule has 0 aliphatic carbocycles. The van der Waals surface area contributed by atoms with Crippen LogP contribution in [-0.4, -0.2) is 58.9 Å². The molecule has 0 amide bonds. The fraction of sp³-hybridized carbons (Fsp3) is 0.0893. The van der Waals surface area contributed by atoms with Crippen LogP contribution in [0.3, 0.4) is 0 Å². The minimum absolute atomic E-state index is 0. The SMILES string of the molecule is CC(C)(C)c1cc(-c2ccc3c4ccccc4n(-c4[c-]c(-c5ccccn5)cc(-c5ccccc5)c4)c3n2)c(O)c(C(C)(C)C)c1.Cc1cc(C)c(O)c(-c2ccc3c4ccccc4n(-c4[c-]c(-c5ccccn5)cc(-c5ccccc5)c4)c3n2)c1.Oc1ccccc1-c1ccc2c3ccccc3n(-c3[c-]c(-c4ccccn4)cc(-c4ccccc4)c3)c2n1.[Pt].[Pt].[Pt]. The summed E-state index contributed by atoms with van der Waals surface area (Å²) in [7, 11) is 0. The minimum atomic E-state index is -0.242. The van der Waals surface area contributed by atoms with Gasteiger partial charge in [-0.05, 0) is 189 Å². The van der Waals surface area contributed by atoms with E-state index < -0.39 is 0 Å². The Morgan fingerprint density at radius 1 is 0.276 bits per heavy atom. The number of fused-ring (bicyclic) bond motifs is 9. The number of hydrogen-bond donors (Lipinski definition) is 3. The molecule has 0 radical (unpaired) electrons. The summed E-state index contributed by atoms with van der Waals surface area (Å²) in [6.45, 7) is 17.0. The zero-order valence-electron chi connectivity index (χ0n) is 70.9. The maximum Gasteiger partial charge on any atom is 0.144 e. The fourth-order valence-electron chi connectivity index (χ4n) is 16.8. The molecule has 127 heavy (non-hydrogen) atoms. The second kappa shape index (κ2) is 36.5. The molecule has 3 N–H and O–H groups in total. The Morgan fingerprint density at radius 2 is 0.614 bits per heavy atom. The average molecular weight is 2190 g/mol. The van der Waals surface area contributed by atoms with Gasteiger partial charge in [-0.2, -0.15) is 0 Å². The number of hydrogen-bond acceptors (Lipinski definition) is 9. The van der Waals surface area contributed by atoms with E-state index in [1.165, 1.54) is 0 Å². The number of pyridine rings is 6. The molecule has 9 aromatic heterocycles. The zero-order valence-corrected chi connectivity index (χ0v) is 77.7. The molecular weight excluding hydrogens is 2100 g/mol. The summed E-state index contributed by atoms with van der Waals surface area (Å²) in [5.74, 6) is 0.748. The number of para-hydroxylation sites is 4. The quantitative estimate of drug-likeness (QED) is 0.101. The summed E-state index contributed by atoms with van der Waals surface area (Å²) in [6.07, 6.45) is 5.43. The van der Waals surface area contributed by atoms with Gasteiger partial charge in [0.05, 0.1) is 33.6 Å². The third-order valence-electron chi connectivity index (χ3n) is 23.0. The Kier molecular flexibility index (Phi) is 25.0. The average Bonchev–Trinajstić information content (AvgIpc) is 1.60. The molecular formula is C112H86N9O3Pt3-3. The van der Waals surface area contributed by atoms with Crippen LogP contribution in [0.2, 0.25) is 0 Å². The van der Waals surface area contributed by atoms with Crippen molar-refractivity contribution in [2.45, 2.75) is 66.2 Å². The predicted octanol–water partition coefficient (Wildman–Crippen LogP) is 27.4. The van der Waals surface area contributed by atoms with Gasteiger partial charge in [0.15, 0.2) is 0 Å². The van der Waals surface area contributed by atoms with Crippen molar-refractivity contribution in [2.75, 3.05) is 0 Å². The summed E-state index contributed by atoms with van der Waals surface area (Å²) in [5, 5.41) is 39.6.